The summed E-state index contributed by atoms with van der Waals surface area (Å²) >= 11 is 6.07. The minimum atomic E-state index is 0.621. The van der Waals surface area contributed by atoms with Crippen LogP contribution in [0.5, 0.6) is 0 Å². The van der Waals surface area contributed by atoms with Gasteiger partial charge in [-0.25, -0.2) is 0 Å². The third-order valence-electron chi connectivity index (χ3n) is 2.96. The van der Waals surface area contributed by atoms with E-state index in [1.54, 1.807) is 12.4 Å². The van der Waals surface area contributed by atoms with Gasteiger partial charge in [0, 0.05) is 30.5 Å². The number of nitrogens with one attached hydrogen (secondary N) is 1. The largest absolute Gasteiger partial charge is 0.380 e. The molecule has 0 bridgehead atoms. The molecule has 2 aromatic heterocycles. The lowest BCUT2D eigenvalue weighted by atomic mass is 10.1. The number of para-hydroxylation sites is 1. The Bertz CT molecular complexity index is 707. The molecule has 0 amide bonds. The molecule has 0 atom stereocenters. The number of pyridine rings is 2. The summed E-state index contributed by atoms with van der Waals surface area (Å²) in [6, 6.07) is 12.0. The van der Waals surface area contributed by atoms with Crippen LogP contribution in [0.15, 0.2) is 55.0 Å². The fraction of sp³-hybridized carbons (Fsp3) is 0.0667. The van der Waals surface area contributed by atoms with Gasteiger partial charge >= 0.3 is 0 Å². The SMILES string of the molecule is Clc1cnccc1NCc1cccc2cccnc12. The number of aromatic nitrogens is 2. The fourth-order valence-electron chi connectivity index (χ4n) is 2.02. The van der Waals surface area contributed by atoms with Crippen LogP contribution in [0.3, 0.4) is 0 Å². The Morgan fingerprint density at radius 3 is 2.84 bits per heavy atom. The van der Waals surface area contributed by atoms with Crippen molar-refractivity contribution in [1.29, 1.82) is 0 Å². The van der Waals surface area contributed by atoms with Crippen molar-refractivity contribution >= 4 is 28.2 Å². The van der Waals surface area contributed by atoms with Gasteiger partial charge in [-0.1, -0.05) is 35.9 Å². The van der Waals surface area contributed by atoms with Gasteiger partial charge in [0.2, 0.25) is 0 Å². The molecule has 1 N–H and O–H groups in total. The van der Waals surface area contributed by atoms with Crippen LogP contribution in [0.2, 0.25) is 5.02 Å². The van der Waals surface area contributed by atoms with Gasteiger partial charge in [0.05, 0.1) is 16.2 Å². The average Bonchev–Trinajstić information content (AvgIpc) is 2.46. The molecular weight excluding hydrogens is 258 g/mol. The average molecular weight is 270 g/mol. The molecule has 1 aromatic carbocycles. The third kappa shape index (κ3) is 2.51. The quantitative estimate of drug-likeness (QED) is 0.784. The number of halogens is 1. The molecule has 3 aromatic rings. The fourth-order valence-corrected chi connectivity index (χ4v) is 2.21. The van der Waals surface area contributed by atoms with E-state index in [9.17, 15) is 0 Å². The van der Waals surface area contributed by atoms with Crippen LogP contribution in [0.4, 0.5) is 5.69 Å². The van der Waals surface area contributed by atoms with Crippen molar-refractivity contribution in [2.45, 2.75) is 6.54 Å². The Morgan fingerprint density at radius 2 is 1.95 bits per heavy atom. The highest BCUT2D eigenvalue weighted by Gasteiger charge is 2.03. The van der Waals surface area contributed by atoms with Crippen LogP contribution in [0, 0.1) is 0 Å². The predicted octanol–water partition coefficient (Wildman–Crippen LogP) is 3.90. The maximum Gasteiger partial charge on any atom is 0.0820 e. The van der Waals surface area contributed by atoms with Gasteiger partial charge in [0.1, 0.15) is 0 Å². The molecule has 0 fully saturated rings. The predicted molar refractivity (Wildman–Crippen MR) is 78.3 cm³/mol. The lowest BCUT2D eigenvalue weighted by molar-refractivity contribution is 1.15. The summed E-state index contributed by atoms with van der Waals surface area (Å²) in [5.74, 6) is 0. The molecule has 3 rings (SSSR count). The van der Waals surface area contributed by atoms with Crippen LogP contribution in [0.25, 0.3) is 10.9 Å². The van der Waals surface area contributed by atoms with Crippen molar-refractivity contribution in [3.05, 3.63) is 65.6 Å². The highest BCUT2D eigenvalue weighted by molar-refractivity contribution is 6.33. The monoisotopic (exact) mass is 269 g/mol. The minimum Gasteiger partial charge on any atom is -0.380 e. The third-order valence-corrected chi connectivity index (χ3v) is 3.26. The van der Waals surface area contributed by atoms with Crippen LogP contribution in [0.1, 0.15) is 5.56 Å². The number of nitrogens with zero attached hydrogens (tertiary/aromatic N) is 2. The molecule has 0 aliphatic carbocycles. The number of anilines is 1. The maximum atomic E-state index is 6.07. The van der Waals surface area contributed by atoms with E-state index in [0.717, 1.165) is 22.2 Å². The lowest BCUT2D eigenvalue weighted by Gasteiger charge is -2.09. The molecule has 0 saturated heterocycles. The number of benzene rings is 1. The summed E-state index contributed by atoms with van der Waals surface area (Å²) in [6.45, 7) is 0.679. The van der Waals surface area contributed by atoms with Crippen LogP contribution in [-0.2, 0) is 6.54 Å². The van der Waals surface area contributed by atoms with Gasteiger partial charge in [-0.15, -0.1) is 0 Å². The second kappa shape index (κ2) is 5.24. The van der Waals surface area contributed by atoms with Crippen molar-refractivity contribution in [3.63, 3.8) is 0 Å². The summed E-state index contributed by atoms with van der Waals surface area (Å²) < 4.78 is 0. The van der Waals surface area contributed by atoms with Crippen molar-refractivity contribution in [3.8, 4) is 0 Å². The van der Waals surface area contributed by atoms with Crippen LogP contribution in [-0.4, -0.2) is 9.97 Å². The Morgan fingerprint density at radius 1 is 1.05 bits per heavy atom. The van der Waals surface area contributed by atoms with E-state index in [1.807, 2.05) is 24.4 Å². The lowest BCUT2D eigenvalue weighted by Crippen LogP contribution is -2.01. The Hall–Kier alpha value is -2.13. The Labute approximate surface area is 116 Å². The zero-order valence-corrected chi connectivity index (χ0v) is 10.9. The topological polar surface area (TPSA) is 37.8 Å². The van der Waals surface area contributed by atoms with Gasteiger partial charge in [-0.2, -0.15) is 0 Å². The maximum absolute atomic E-state index is 6.07. The van der Waals surface area contributed by atoms with Crippen molar-refractivity contribution < 1.29 is 0 Å². The number of hydrogen-bond donors (Lipinski definition) is 1. The first-order chi connectivity index (χ1) is 9.34. The molecule has 19 heavy (non-hydrogen) atoms. The first kappa shape index (κ1) is 11.9. The van der Waals surface area contributed by atoms with Crippen molar-refractivity contribution in [2.24, 2.45) is 0 Å². The number of rotatable bonds is 3. The van der Waals surface area contributed by atoms with Gasteiger partial charge in [0.15, 0.2) is 0 Å². The molecule has 0 aliphatic rings. The Balaban J connectivity index is 1.88. The second-order valence-electron chi connectivity index (χ2n) is 4.20. The summed E-state index contributed by atoms with van der Waals surface area (Å²) in [4.78, 5) is 8.40. The molecular formula is C15H12ClN3. The molecule has 94 valence electrons. The van der Waals surface area contributed by atoms with E-state index >= 15 is 0 Å². The smallest absolute Gasteiger partial charge is 0.0820 e. The van der Waals surface area contributed by atoms with E-state index < -0.39 is 0 Å². The first-order valence-corrected chi connectivity index (χ1v) is 6.38. The molecule has 0 saturated carbocycles. The van der Waals surface area contributed by atoms with E-state index in [1.165, 1.54) is 0 Å². The van der Waals surface area contributed by atoms with E-state index in [2.05, 4.69) is 33.5 Å². The van der Waals surface area contributed by atoms with E-state index in [0.29, 0.717) is 11.6 Å². The molecule has 3 nitrogen and oxygen atoms in total. The van der Waals surface area contributed by atoms with Gasteiger partial charge < -0.3 is 5.32 Å². The van der Waals surface area contributed by atoms with Crippen LogP contribution >= 0.6 is 11.6 Å². The normalized spacial score (nSPS) is 10.6. The van der Waals surface area contributed by atoms with Gasteiger partial charge in [0.25, 0.3) is 0 Å². The Kier molecular flexibility index (Phi) is 3.29. The highest BCUT2D eigenvalue weighted by Crippen LogP contribution is 2.21. The summed E-state index contributed by atoms with van der Waals surface area (Å²) in [6.07, 6.45) is 5.16. The van der Waals surface area contributed by atoms with E-state index in [4.69, 9.17) is 11.6 Å². The second-order valence-corrected chi connectivity index (χ2v) is 4.61. The number of fused-ring (bicyclic) bond motifs is 1. The summed E-state index contributed by atoms with van der Waals surface area (Å²) in [5, 5.41) is 5.07. The molecule has 0 unspecified atom stereocenters. The van der Waals surface area contributed by atoms with Crippen molar-refractivity contribution in [2.75, 3.05) is 5.32 Å². The molecule has 0 radical (unpaired) electrons. The molecule has 4 heteroatoms. The zero-order valence-electron chi connectivity index (χ0n) is 10.2. The van der Waals surface area contributed by atoms with Gasteiger partial charge in [-0.05, 0) is 17.7 Å². The zero-order chi connectivity index (χ0) is 13.1. The van der Waals surface area contributed by atoms with E-state index in [-0.39, 0.29) is 0 Å². The van der Waals surface area contributed by atoms with Crippen molar-refractivity contribution in [1.82, 2.24) is 9.97 Å². The standard InChI is InChI=1S/C15H12ClN3/c16-13-10-17-8-6-14(13)19-9-12-4-1-3-11-5-2-7-18-15(11)12/h1-8,10H,9H2,(H,17,19). The molecule has 0 aliphatic heterocycles. The number of hydrogen-bond acceptors (Lipinski definition) is 3. The summed E-state index contributed by atoms with van der Waals surface area (Å²) in [7, 11) is 0. The first-order valence-electron chi connectivity index (χ1n) is 6.00. The highest BCUT2D eigenvalue weighted by atomic mass is 35.5. The van der Waals surface area contributed by atoms with Gasteiger partial charge in [-0.3, -0.25) is 9.97 Å². The summed E-state index contributed by atoms with van der Waals surface area (Å²) in [5.41, 5.74) is 3.04. The molecule has 2 heterocycles. The minimum absolute atomic E-state index is 0.621. The van der Waals surface area contributed by atoms with Crippen LogP contribution < -0.4 is 5.32 Å². The molecule has 0 spiro atoms.